The maximum atomic E-state index is 13.8. The van der Waals surface area contributed by atoms with Crippen molar-refractivity contribution in [1.29, 1.82) is 0 Å². The van der Waals surface area contributed by atoms with Crippen LogP contribution in [0.1, 0.15) is 26.0 Å². The first-order chi connectivity index (χ1) is 9.08. The maximum Gasteiger partial charge on any atom is 0.161 e. The summed E-state index contributed by atoms with van der Waals surface area (Å²) in [6, 6.07) is 3.44. The smallest absolute Gasteiger partial charge is 0.161 e. The molecule has 19 heavy (non-hydrogen) atoms. The Morgan fingerprint density at radius 3 is 2.63 bits per heavy atom. The summed E-state index contributed by atoms with van der Waals surface area (Å²) in [5.41, 5.74) is 2.35. The molecule has 0 atom stereocenters. The van der Waals surface area contributed by atoms with Gasteiger partial charge in [0, 0.05) is 23.3 Å². The van der Waals surface area contributed by atoms with E-state index in [1.165, 1.54) is 6.07 Å². The van der Waals surface area contributed by atoms with Crippen LogP contribution >= 0.6 is 23.2 Å². The second-order valence-electron chi connectivity index (χ2n) is 4.32. The average Bonchev–Trinajstić information content (AvgIpc) is 2.41. The Kier molecular flexibility index (Phi) is 4.48. The summed E-state index contributed by atoms with van der Waals surface area (Å²) in [5.74, 6) is -0.596. The van der Waals surface area contributed by atoms with E-state index >= 15 is 0 Å². The first-order valence-corrected chi connectivity index (χ1v) is 7.05. The van der Waals surface area contributed by atoms with Crippen LogP contribution in [-0.4, -0.2) is 11.5 Å². The fourth-order valence-electron chi connectivity index (χ4n) is 1.93. The lowest BCUT2D eigenvalue weighted by Crippen LogP contribution is -2.03. The number of benzene rings is 1. The van der Waals surface area contributed by atoms with Gasteiger partial charge in [0.1, 0.15) is 0 Å². The van der Waals surface area contributed by atoms with Gasteiger partial charge in [-0.1, -0.05) is 37.0 Å². The summed E-state index contributed by atoms with van der Waals surface area (Å²) >= 11 is 11.9. The molecule has 1 N–H and O–H groups in total. The molecule has 1 aromatic heterocycles. The van der Waals surface area contributed by atoms with Crippen molar-refractivity contribution in [2.45, 2.75) is 26.7 Å². The summed E-state index contributed by atoms with van der Waals surface area (Å²) in [7, 11) is 0. The van der Waals surface area contributed by atoms with E-state index in [9.17, 15) is 4.39 Å². The largest absolute Gasteiger partial charge is 0.384 e. The van der Waals surface area contributed by atoms with E-state index < -0.39 is 5.82 Å². The third-order valence-corrected chi connectivity index (χ3v) is 3.54. The van der Waals surface area contributed by atoms with Crippen LogP contribution in [0.2, 0.25) is 10.0 Å². The number of hydrogen-bond acceptors (Lipinski definition) is 2. The molecule has 2 rings (SSSR count). The molecule has 1 heterocycles. The van der Waals surface area contributed by atoms with Gasteiger partial charge in [-0.2, -0.15) is 0 Å². The number of nitrogens with zero attached hydrogens (tertiary/aromatic N) is 1. The first kappa shape index (κ1) is 14.4. The van der Waals surface area contributed by atoms with E-state index in [2.05, 4.69) is 17.2 Å². The number of hydrogen-bond donors (Lipinski definition) is 1. The van der Waals surface area contributed by atoms with Crippen LogP contribution in [0.15, 0.2) is 12.1 Å². The van der Waals surface area contributed by atoms with Gasteiger partial charge in [-0.15, -0.1) is 0 Å². The molecule has 2 nitrogen and oxygen atoms in total. The van der Waals surface area contributed by atoms with Gasteiger partial charge in [0.2, 0.25) is 0 Å². The molecule has 0 unspecified atom stereocenters. The highest BCUT2D eigenvalue weighted by Crippen LogP contribution is 2.36. The number of fused-ring (bicyclic) bond motifs is 1. The van der Waals surface area contributed by atoms with E-state index in [0.29, 0.717) is 10.9 Å². The van der Waals surface area contributed by atoms with Crippen molar-refractivity contribution in [3.63, 3.8) is 0 Å². The first-order valence-electron chi connectivity index (χ1n) is 6.29. The lowest BCUT2D eigenvalue weighted by molar-refractivity contribution is 0.630. The Bertz CT molecular complexity index is 614. The van der Waals surface area contributed by atoms with Crippen molar-refractivity contribution in [1.82, 2.24) is 4.98 Å². The zero-order valence-electron chi connectivity index (χ0n) is 10.9. The summed E-state index contributed by atoms with van der Waals surface area (Å²) in [6.45, 7) is 4.88. The summed E-state index contributed by atoms with van der Waals surface area (Å²) < 4.78 is 13.8. The molecule has 2 aromatic rings. The molecule has 1 aromatic carbocycles. The number of aryl methyl sites for hydroxylation is 1. The van der Waals surface area contributed by atoms with Crippen LogP contribution in [0.3, 0.4) is 0 Å². The molecule has 0 saturated carbocycles. The molecule has 0 radical (unpaired) electrons. The third kappa shape index (κ3) is 2.77. The van der Waals surface area contributed by atoms with E-state index in [-0.39, 0.29) is 10.0 Å². The van der Waals surface area contributed by atoms with Crippen molar-refractivity contribution < 1.29 is 4.39 Å². The predicted molar refractivity (Wildman–Crippen MR) is 79.9 cm³/mol. The highest BCUT2D eigenvalue weighted by Gasteiger charge is 2.15. The Morgan fingerprint density at radius 2 is 2.00 bits per heavy atom. The molecule has 102 valence electrons. The molecule has 0 aliphatic rings. The van der Waals surface area contributed by atoms with Crippen LogP contribution < -0.4 is 5.32 Å². The van der Waals surface area contributed by atoms with Crippen LogP contribution in [0.4, 0.5) is 10.1 Å². The topological polar surface area (TPSA) is 24.9 Å². The molecular formula is C14H15Cl2FN2. The third-order valence-electron chi connectivity index (χ3n) is 2.91. The Labute approximate surface area is 121 Å². The Balaban J connectivity index is 2.72. The van der Waals surface area contributed by atoms with Crippen LogP contribution in [0.5, 0.6) is 0 Å². The quantitative estimate of drug-likeness (QED) is 0.798. The Hall–Kier alpha value is -1.06. The van der Waals surface area contributed by atoms with E-state index in [4.69, 9.17) is 23.2 Å². The minimum atomic E-state index is -0.596. The summed E-state index contributed by atoms with van der Waals surface area (Å²) in [6.07, 6.45) is 1.77. The van der Waals surface area contributed by atoms with Gasteiger partial charge in [0.05, 0.1) is 15.6 Å². The van der Waals surface area contributed by atoms with Gasteiger partial charge >= 0.3 is 0 Å². The highest BCUT2D eigenvalue weighted by atomic mass is 35.5. The zero-order valence-corrected chi connectivity index (χ0v) is 12.4. The molecule has 0 aliphatic carbocycles. The van der Waals surface area contributed by atoms with Crippen LogP contribution in [0, 0.1) is 5.82 Å². The minimum absolute atomic E-state index is 0.000283. The molecular weight excluding hydrogens is 286 g/mol. The van der Waals surface area contributed by atoms with Gasteiger partial charge < -0.3 is 5.32 Å². The lowest BCUT2D eigenvalue weighted by atomic mass is 10.1. The van der Waals surface area contributed by atoms with Gasteiger partial charge in [-0.05, 0) is 25.0 Å². The van der Waals surface area contributed by atoms with E-state index in [1.54, 1.807) is 0 Å². The fraction of sp³-hybridized carbons (Fsp3) is 0.357. The normalized spacial score (nSPS) is 11.0. The second-order valence-corrected chi connectivity index (χ2v) is 5.11. The standard InChI is InChI=1S/C14H15Cl2FN2/c1-3-5-18-10-6-8(4-2)19-11-7-9(15)14(17)13(16)12(10)11/h6-7H,3-5H2,1-2H3,(H,18,19). The van der Waals surface area contributed by atoms with Crippen molar-refractivity contribution in [3.05, 3.63) is 33.7 Å². The van der Waals surface area contributed by atoms with Crippen molar-refractivity contribution in [2.75, 3.05) is 11.9 Å². The van der Waals surface area contributed by atoms with Gasteiger partial charge in [0.25, 0.3) is 0 Å². The van der Waals surface area contributed by atoms with E-state index in [0.717, 1.165) is 30.8 Å². The zero-order chi connectivity index (χ0) is 14.0. The van der Waals surface area contributed by atoms with E-state index in [1.807, 2.05) is 13.0 Å². The van der Waals surface area contributed by atoms with Gasteiger partial charge in [-0.3, -0.25) is 4.98 Å². The molecule has 0 spiro atoms. The molecule has 0 bridgehead atoms. The number of nitrogens with one attached hydrogen (secondary N) is 1. The SMILES string of the molecule is CCCNc1cc(CC)nc2cc(Cl)c(F)c(Cl)c12. The van der Waals surface area contributed by atoms with Gasteiger partial charge in [-0.25, -0.2) is 4.39 Å². The maximum absolute atomic E-state index is 13.8. The van der Waals surface area contributed by atoms with Crippen molar-refractivity contribution in [3.8, 4) is 0 Å². The Morgan fingerprint density at radius 1 is 1.26 bits per heavy atom. The summed E-state index contributed by atoms with van der Waals surface area (Å²) in [5, 5.41) is 3.88. The predicted octanol–water partition coefficient (Wildman–Crippen LogP) is 5.07. The number of anilines is 1. The fourth-order valence-corrected chi connectivity index (χ4v) is 2.48. The number of halogens is 3. The number of pyridine rings is 1. The number of rotatable bonds is 4. The lowest BCUT2D eigenvalue weighted by Gasteiger charge is -2.13. The van der Waals surface area contributed by atoms with Crippen LogP contribution in [0.25, 0.3) is 10.9 Å². The molecule has 0 fully saturated rings. The molecule has 0 aliphatic heterocycles. The van der Waals surface area contributed by atoms with Crippen molar-refractivity contribution >= 4 is 39.8 Å². The van der Waals surface area contributed by atoms with Crippen molar-refractivity contribution in [2.24, 2.45) is 0 Å². The minimum Gasteiger partial charge on any atom is -0.384 e. The highest BCUT2D eigenvalue weighted by molar-refractivity contribution is 6.39. The molecule has 5 heteroatoms. The second kappa shape index (κ2) is 5.93. The number of aromatic nitrogens is 1. The monoisotopic (exact) mass is 300 g/mol. The molecule has 0 amide bonds. The van der Waals surface area contributed by atoms with Gasteiger partial charge in [0.15, 0.2) is 5.82 Å². The molecule has 0 saturated heterocycles. The average molecular weight is 301 g/mol. The summed E-state index contributed by atoms with van der Waals surface area (Å²) in [4.78, 5) is 4.45. The van der Waals surface area contributed by atoms with Crippen LogP contribution in [-0.2, 0) is 6.42 Å².